The highest BCUT2D eigenvalue weighted by Gasteiger charge is 2.45. The maximum absolute atomic E-state index is 12.0. The predicted molar refractivity (Wildman–Crippen MR) is 99.5 cm³/mol. The SMILES string of the molecule is O=C(OCC1COC(CBr)(c2c(Cl)cccc2Cl)O1)c1ccccc1. The molecule has 1 heterocycles. The lowest BCUT2D eigenvalue weighted by Gasteiger charge is -2.28. The summed E-state index contributed by atoms with van der Waals surface area (Å²) in [5, 5.41) is 1.25. The second kappa shape index (κ2) is 8.06. The van der Waals surface area contributed by atoms with Crippen LogP contribution in [0.25, 0.3) is 0 Å². The molecular formula is C18H15BrCl2O4. The van der Waals surface area contributed by atoms with E-state index in [4.69, 9.17) is 37.4 Å². The average molecular weight is 446 g/mol. The summed E-state index contributed by atoms with van der Waals surface area (Å²) in [6.07, 6.45) is -0.419. The van der Waals surface area contributed by atoms with Gasteiger partial charge < -0.3 is 14.2 Å². The quantitative estimate of drug-likeness (QED) is 0.489. The normalized spacial score (nSPS) is 22.8. The first-order chi connectivity index (χ1) is 12.1. The molecule has 0 amide bonds. The minimum atomic E-state index is -1.11. The molecule has 2 aromatic rings. The molecule has 25 heavy (non-hydrogen) atoms. The zero-order valence-electron chi connectivity index (χ0n) is 13.1. The molecular weight excluding hydrogens is 431 g/mol. The van der Waals surface area contributed by atoms with E-state index in [0.29, 0.717) is 26.5 Å². The molecule has 0 bridgehead atoms. The molecule has 132 valence electrons. The second-order valence-electron chi connectivity index (χ2n) is 5.50. The van der Waals surface area contributed by atoms with Crippen LogP contribution >= 0.6 is 39.1 Å². The maximum Gasteiger partial charge on any atom is 0.338 e. The number of halogens is 3. The summed E-state index contributed by atoms with van der Waals surface area (Å²) < 4.78 is 17.2. The number of hydrogen-bond donors (Lipinski definition) is 0. The van der Waals surface area contributed by atoms with Crippen LogP contribution < -0.4 is 0 Å². The Morgan fingerprint density at radius 1 is 1.16 bits per heavy atom. The van der Waals surface area contributed by atoms with Crippen molar-refractivity contribution in [2.45, 2.75) is 11.9 Å². The molecule has 0 aliphatic carbocycles. The molecule has 1 fully saturated rings. The molecule has 1 aliphatic heterocycles. The van der Waals surface area contributed by atoms with Gasteiger partial charge in [0.25, 0.3) is 0 Å². The van der Waals surface area contributed by atoms with E-state index in [1.165, 1.54) is 0 Å². The second-order valence-corrected chi connectivity index (χ2v) is 6.87. The first-order valence-electron chi connectivity index (χ1n) is 7.60. The van der Waals surface area contributed by atoms with E-state index >= 15 is 0 Å². The Hall–Kier alpha value is -1.11. The van der Waals surface area contributed by atoms with E-state index in [0.717, 1.165) is 0 Å². The average Bonchev–Trinajstić information content (AvgIpc) is 3.05. The molecule has 0 N–H and O–H groups in total. The van der Waals surface area contributed by atoms with Crippen molar-refractivity contribution in [3.05, 3.63) is 69.7 Å². The zero-order chi connectivity index (χ0) is 17.9. The van der Waals surface area contributed by atoms with Gasteiger partial charge in [0.05, 0.1) is 27.5 Å². The lowest BCUT2D eigenvalue weighted by Crippen LogP contribution is -2.32. The Labute approximate surface area is 164 Å². The number of carbonyl (C=O) groups excluding carboxylic acids is 1. The highest BCUT2D eigenvalue weighted by molar-refractivity contribution is 9.09. The van der Waals surface area contributed by atoms with Crippen LogP contribution in [0.3, 0.4) is 0 Å². The first kappa shape index (κ1) is 18.7. The van der Waals surface area contributed by atoms with E-state index < -0.39 is 17.9 Å². The van der Waals surface area contributed by atoms with Gasteiger partial charge in [-0.05, 0) is 24.3 Å². The van der Waals surface area contributed by atoms with Crippen LogP contribution in [0.5, 0.6) is 0 Å². The van der Waals surface area contributed by atoms with Crippen LogP contribution in [0.15, 0.2) is 48.5 Å². The summed E-state index contributed by atoms with van der Waals surface area (Å²) in [5.41, 5.74) is 1.05. The minimum Gasteiger partial charge on any atom is -0.459 e. The number of carbonyl (C=O) groups is 1. The van der Waals surface area contributed by atoms with Crippen LogP contribution in [-0.4, -0.2) is 30.6 Å². The number of alkyl halides is 1. The predicted octanol–water partition coefficient (Wildman–Crippen LogP) is 4.81. The Balaban J connectivity index is 1.69. The van der Waals surface area contributed by atoms with Gasteiger partial charge in [0, 0.05) is 5.56 Å². The van der Waals surface area contributed by atoms with Gasteiger partial charge >= 0.3 is 5.97 Å². The Kier molecular flexibility index (Phi) is 6.02. The lowest BCUT2D eigenvalue weighted by atomic mass is 10.1. The molecule has 1 saturated heterocycles. The molecule has 7 heteroatoms. The molecule has 2 unspecified atom stereocenters. The van der Waals surface area contributed by atoms with Crippen LogP contribution in [0.2, 0.25) is 10.0 Å². The van der Waals surface area contributed by atoms with Crippen molar-refractivity contribution in [3.63, 3.8) is 0 Å². The van der Waals surface area contributed by atoms with Crippen molar-refractivity contribution < 1.29 is 19.0 Å². The highest BCUT2D eigenvalue weighted by atomic mass is 79.9. The minimum absolute atomic E-state index is 0.0740. The summed E-state index contributed by atoms with van der Waals surface area (Å²) >= 11 is 16.0. The van der Waals surface area contributed by atoms with Gasteiger partial charge in [-0.15, -0.1) is 0 Å². The van der Waals surface area contributed by atoms with Crippen LogP contribution in [0.1, 0.15) is 15.9 Å². The van der Waals surface area contributed by atoms with E-state index in [1.54, 1.807) is 42.5 Å². The fourth-order valence-corrected chi connectivity index (χ4v) is 3.86. The van der Waals surface area contributed by atoms with Crippen LogP contribution in [0, 0.1) is 0 Å². The Bertz CT molecular complexity index is 736. The lowest BCUT2D eigenvalue weighted by molar-refractivity contribution is -0.160. The number of hydrogen-bond acceptors (Lipinski definition) is 4. The van der Waals surface area contributed by atoms with Crippen molar-refractivity contribution in [2.24, 2.45) is 0 Å². The Morgan fingerprint density at radius 3 is 2.48 bits per heavy atom. The standard InChI is InChI=1S/C18H15BrCl2O4/c19-11-18(16-14(20)7-4-8-15(16)21)24-10-13(25-18)9-23-17(22)12-5-2-1-3-6-12/h1-8,13H,9-11H2. The monoisotopic (exact) mass is 444 g/mol. The summed E-state index contributed by atoms with van der Waals surface area (Å²) in [7, 11) is 0. The number of rotatable bonds is 5. The number of esters is 1. The summed E-state index contributed by atoms with van der Waals surface area (Å²) in [4.78, 5) is 12.0. The Morgan fingerprint density at radius 2 is 1.84 bits per heavy atom. The molecule has 0 spiro atoms. The molecule has 0 radical (unpaired) electrons. The zero-order valence-corrected chi connectivity index (χ0v) is 16.2. The van der Waals surface area contributed by atoms with Crippen molar-refractivity contribution in [2.75, 3.05) is 18.5 Å². The van der Waals surface area contributed by atoms with E-state index in [2.05, 4.69) is 15.9 Å². The van der Waals surface area contributed by atoms with Gasteiger partial charge in [0.15, 0.2) is 0 Å². The molecule has 2 atom stereocenters. The summed E-state index contributed by atoms with van der Waals surface area (Å²) in [5.74, 6) is -1.52. The fourth-order valence-electron chi connectivity index (χ4n) is 2.60. The first-order valence-corrected chi connectivity index (χ1v) is 9.48. The highest BCUT2D eigenvalue weighted by Crippen LogP contribution is 2.43. The largest absolute Gasteiger partial charge is 0.459 e. The molecule has 0 aromatic heterocycles. The molecule has 1 aliphatic rings. The van der Waals surface area contributed by atoms with Crippen LogP contribution in [0.4, 0.5) is 0 Å². The molecule has 4 nitrogen and oxygen atoms in total. The molecule has 0 saturated carbocycles. The van der Waals surface area contributed by atoms with Gasteiger partial charge in [-0.25, -0.2) is 4.79 Å². The van der Waals surface area contributed by atoms with Gasteiger partial charge in [-0.3, -0.25) is 0 Å². The maximum atomic E-state index is 12.0. The molecule has 3 rings (SSSR count). The van der Waals surface area contributed by atoms with Gasteiger partial charge in [-0.1, -0.05) is 63.4 Å². The number of benzene rings is 2. The van der Waals surface area contributed by atoms with Gasteiger partial charge in [-0.2, -0.15) is 0 Å². The van der Waals surface area contributed by atoms with Crippen molar-refractivity contribution in [1.82, 2.24) is 0 Å². The van der Waals surface area contributed by atoms with Gasteiger partial charge in [0.2, 0.25) is 5.79 Å². The van der Waals surface area contributed by atoms with E-state index in [1.807, 2.05) is 6.07 Å². The van der Waals surface area contributed by atoms with Gasteiger partial charge in [0.1, 0.15) is 12.7 Å². The summed E-state index contributed by atoms with van der Waals surface area (Å²) in [6, 6.07) is 14.0. The van der Waals surface area contributed by atoms with Crippen molar-refractivity contribution >= 4 is 45.1 Å². The van der Waals surface area contributed by atoms with Crippen molar-refractivity contribution in [3.8, 4) is 0 Å². The summed E-state index contributed by atoms with van der Waals surface area (Å²) in [6.45, 7) is 0.333. The van der Waals surface area contributed by atoms with Crippen molar-refractivity contribution in [1.29, 1.82) is 0 Å². The fraction of sp³-hybridized carbons (Fsp3) is 0.278. The molecule has 2 aromatic carbocycles. The third-order valence-corrected chi connectivity index (χ3v) is 5.16. The smallest absolute Gasteiger partial charge is 0.338 e. The van der Waals surface area contributed by atoms with E-state index in [9.17, 15) is 4.79 Å². The third-order valence-electron chi connectivity index (χ3n) is 3.79. The number of ether oxygens (including phenoxy) is 3. The van der Waals surface area contributed by atoms with Crippen LogP contribution in [-0.2, 0) is 20.0 Å². The topological polar surface area (TPSA) is 44.8 Å². The third kappa shape index (κ3) is 4.01. The van der Waals surface area contributed by atoms with E-state index in [-0.39, 0.29) is 13.2 Å².